The van der Waals surface area contributed by atoms with Crippen molar-refractivity contribution in [2.24, 2.45) is 0 Å². The summed E-state index contributed by atoms with van der Waals surface area (Å²) in [6.45, 7) is 4.79. The van der Waals surface area contributed by atoms with Gasteiger partial charge in [-0.15, -0.1) is 0 Å². The molecule has 2 rings (SSSR count). The van der Waals surface area contributed by atoms with E-state index in [9.17, 15) is 5.11 Å². The van der Waals surface area contributed by atoms with Gasteiger partial charge in [0.15, 0.2) is 11.5 Å². The summed E-state index contributed by atoms with van der Waals surface area (Å²) in [5.74, 6) is 0.652. The molecule has 2 aromatic rings. The highest BCUT2D eigenvalue weighted by Crippen LogP contribution is 2.28. The van der Waals surface area contributed by atoms with Crippen LogP contribution in [0.2, 0.25) is 0 Å². The molecule has 0 bridgehead atoms. The molecule has 2 aromatic carbocycles. The van der Waals surface area contributed by atoms with E-state index in [-0.39, 0.29) is 5.75 Å². The van der Waals surface area contributed by atoms with E-state index >= 15 is 0 Å². The Morgan fingerprint density at radius 1 is 1.15 bits per heavy atom. The van der Waals surface area contributed by atoms with Crippen molar-refractivity contribution in [3.05, 3.63) is 51.5 Å². The zero-order valence-corrected chi connectivity index (χ0v) is 13.4. The summed E-state index contributed by atoms with van der Waals surface area (Å²) in [5, 5.41) is 13.1. The summed E-state index contributed by atoms with van der Waals surface area (Å²) < 4.78 is 6.18. The molecule has 0 fully saturated rings. The summed E-state index contributed by atoms with van der Waals surface area (Å²) >= 11 is 3.56. The van der Waals surface area contributed by atoms with Crippen LogP contribution in [-0.4, -0.2) is 12.2 Å². The van der Waals surface area contributed by atoms with E-state index in [1.165, 1.54) is 11.1 Å². The fourth-order valence-electron chi connectivity index (χ4n) is 2.10. The number of phenols is 1. The van der Waals surface area contributed by atoms with Crippen molar-refractivity contribution >= 4 is 21.6 Å². The van der Waals surface area contributed by atoms with Gasteiger partial charge in [-0.05, 0) is 54.8 Å². The van der Waals surface area contributed by atoms with Gasteiger partial charge in [-0.25, -0.2) is 0 Å². The quantitative estimate of drug-likeness (QED) is 0.870. The molecule has 0 amide bonds. The Kier molecular flexibility index (Phi) is 4.55. The van der Waals surface area contributed by atoms with E-state index < -0.39 is 0 Å². The Morgan fingerprint density at radius 2 is 1.80 bits per heavy atom. The fraction of sp³-hybridized carbons (Fsp3) is 0.250. The molecule has 0 aliphatic rings. The van der Waals surface area contributed by atoms with Gasteiger partial charge < -0.3 is 15.2 Å². The van der Waals surface area contributed by atoms with Crippen molar-refractivity contribution < 1.29 is 9.84 Å². The number of benzene rings is 2. The molecule has 0 radical (unpaired) electrons. The third kappa shape index (κ3) is 3.25. The van der Waals surface area contributed by atoms with Crippen LogP contribution in [0.15, 0.2) is 34.8 Å². The molecule has 0 unspecified atom stereocenters. The Labute approximate surface area is 127 Å². The largest absolute Gasteiger partial charge is 0.504 e. The fourth-order valence-corrected chi connectivity index (χ4v) is 2.33. The first-order valence-electron chi connectivity index (χ1n) is 6.37. The number of hydrogen-bond donors (Lipinski definition) is 2. The van der Waals surface area contributed by atoms with Gasteiger partial charge in [0.1, 0.15) is 0 Å². The molecule has 0 aliphatic carbocycles. The van der Waals surface area contributed by atoms with Gasteiger partial charge in [-0.2, -0.15) is 0 Å². The lowest BCUT2D eigenvalue weighted by molar-refractivity contribution is 0.373. The van der Waals surface area contributed by atoms with Crippen LogP contribution in [0.1, 0.15) is 16.7 Å². The molecule has 4 heteroatoms. The van der Waals surface area contributed by atoms with Crippen LogP contribution in [-0.2, 0) is 6.54 Å². The number of anilines is 1. The van der Waals surface area contributed by atoms with Crippen molar-refractivity contribution in [1.29, 1.82) is 0 Å². The lowest BCUT2D eigenvalue weighted by Crippen LogP contribution is -2.00. The van der Waals surface area contributed by atoms with Crippen LogP contribution in [0.4, 0.5) is 5.69 Å². The van der Waals surface area contributed by atoms with Crippen LogP contribution in [0.3, 0.4) is 0 Å². The molecule has 2 N–H and O–H groups in total. The average molecular weight is 336 g/mol. The maximum atomic E-state index is 9.75. The monoisotopic (exact) mass is 335 g/mol. The van der Waals surface area contributed by atoms with Gasteiger partial charge in [-0.3, -0.25) is 0 Å². The van der Waals surface area contributed by atoms with Crippen molar-refractivity contribution in [3.8, 4) is 11.5 Å². The maximum absolute atomic E-state index is 9.75. The van der Waals surface area contributed by atoms with Crippen LogP contribution in [0.5, 0.6) is 11.5 Å². The van der Waals surface area contributed by atoms with E-state index in [2.05, 4.69) is 47.2 Å². The second-order valence-electron chi connectivity index (χ2n) is 4.78. The third-order valence-corrected chi connectivity index (χ3v) is 4.43. The molecule has 0 atom stereocenters. The molecule has 20 heavy (non-hydrogen) atoms. The predicted octanol–water partition coefficient (Wildman–Crippen LogP) is 4.39. The van der Waals surface area contributed by atoms with Gasteiger partial charge in [0.25, 0.3) is 0 Å². The first-order valence-corrected chi connectivity index (χ1v) is 7.17. The topological polar surface area (TPSA) is 41.5 Å². The van der Waals surface area contributed by atoms with Crippen molar-refractivity contribution in [2.45, 2.75) is 20.4 Å². The van der Waals surface area contributed by atoms with Gasteiger partial charge >= 0.3 is 0 Å². The number of halogens is 1. The summed E-state index contributed by atoms with van der Waals surface area (Å²) in [4.78, 5) is 0. The van der Waals surface area contributed by atoms with Gasteiger partial charge in [0, 0.05) is 16.7 Å². The minimum absolute atomic E-state index is 0.162. The molecule has 0 heterocycles. The average Bonchev–Trinajstić information content (AvgIpc) is 2.42. The number of ether oxygens (including phenoxy) is 1. The minimum Gasteiger partial charge on any atom is -0.504 e. The van der Waals surface area contributed by atoms with Gasteiger partial charge in [0.05, 0.1) is 7.11 Å². The first kappa shape index (κ1) is 14.7. The molecular formula is C16H18BrNO2. The second-order valence-corrected chi connectivity index (χ2v) is 5.58. The number of nitrogens with one attached hydrogen (secondary N) is 1. The van der Waals surface area contributed by atoms with Crippen LogP contribution < -0.4 is 10.1 Å². The summed E-state index contributed by atoms with van der Waals surface area (Å²) in [5.41, 5.74) is 4.47. The number of methoxy groups -OCH3 is 1. The lowest BCUT2D eigenvalue weighted by Gasteiger charge is -2.11. The van der Waals surface area contributed by atoms with Gasteiger partial charge in [-0.1, -0.05) is 22.0 Å². The lowest BCUT2D eigenvalue weighted by atomic mass is 10.1. The molecule has 0 spiro atoms. The summed E-state index contributed by atoms with van der Waals surface area (Å²) in [7, 11) is 1.54. The Balaban J connectivity index is 2.11. The predicted molar refractivity (Wildman–Crippen MR) is 85.6 cm³/mol. The maximum Gasteiger partial charge on any atom is 0.160 e. The number of aromatic hydroxyl groups is 1. The second kappa shape index (κ2) is 6.18. The molecule has 0 aliphatic heterocycles. The molecular weight excluding hydrogens is 318 g/mol. The van der Waals surface area contributed by atoms with Crippen LogP contribution in [0.25, 0.3) is 0 Å². The molecule has 106 valence electrons. The van der Waals surface area contributed by atoms with Crippen molar-refractivity contribution in [2.75, 3.05) is 12.4 Å². The van der Waals surface area contributed by atoms with E-state index in [0.717, 1.165) is 15.7 Å². The van der Waals surface area contributed by atoms with Gasteiger partial charge in [0.2, 0.25) is 0 Å². The minimum atomic E-state index is 0.162. The van der Waals surface area contributed by atoms with Crippen LogP contribution >= 0.6 is 15.9 Å². The first-order chi connectivity index (χ1) is 9.51. The number of hydrogen-bond acceptors (Lipinski definition) is 3. The van der Waals surface area contributed by atoms with E-state index in [1.807, 2.05) is 6.07 Å². The summed E-state index contributed by atoms with van der Waals surface area (Å²) in [6.07, 6.45) is 0. The SMILES string of the molecule is COc1ccc(CNc2cc(C)c(Br)c(C)c2)cc1O. The van der Waals surface area contributed by atoms with E-state index in [4.69, 9.17) is 4.74 Å². The van der Waals surface area contributed by atoms with Crippen molar-refractivity contribution in [1.82, 2.24) is 0 Å². The molecule has 0 saturated carbocycles. The zero-order chi connectivity index (χ0) is 14.7. The number of rotatable bonds is 4. The molecule has 0 aromatic heterocycles. The Morgan fingerprint density at radius 3 is 2.35 bits per heavy atom. The summed E-state index contributed by atoms with van der Waals surface area (Å²) in [6, 6.07) is 9.61. The van der Waals surface area contributed by atoms with E-state index in [0.29, 0.717) is 12.3 Å². The molecule has 0 saturated heterocycles. The number of phenolic OH excluding ortho intramolecular Hbond substituents is 1. The van der Waals surface area contributed by atoms with Crippen LogP contribution in [0, 0.1) is 13.8 Å². The van der Waals surface area contributed by atoms with E-state index in [1.54, 1.807) is 19.2 Å². The zero-order valence-electron chi connectivity index (χ0n) is 11.8. The Bertz CT molecular complexity index is 603. The Hall–Kier alpha value is -1.68. The standard InChI is InChI=1S/C16H18BrNO2/c1-10-6-13(7-11(2)16(10)17)18-9-12-4-5-15(20-3)14(19)8-12/h4-8,18-19H,9H2,1-3H3. The molecule has 3 nitrogen and oxygen atoms in total. The normalized spacial score (nSPS) is 10.4. The third-order valence-electron chi connectivity index (χ3n) is 3.18. The van der Waals surface area contributed by atoms with Crippen molar-refractivity contribution in [3.63, 3.8) is 0 Å². The highest BCUT2D eigenvalue weighted by atomic mass is 79.9. The highest BCUT2D eigenvalue weighted by molar-refractivity contribution is 9.10. The highest BCUT2D eigenvalue weighted by Gasteiger charge is 2.04. The number of aryl methyl sites for hydroxylation is 2. The smallest absolute Gasteiger partial charge is 0.160 e.